The van der Waals surface area contributed by atoms with Crippen LogP contribution >= 0.6 is 23.4 Å². The Morgan fingerprint density at radius 1 is 1.16 bits per heavy atom. The summed E-state index contributed by atoms with van der Waals surface area (Å²) in [5.41, 5.74) is 1.01. The topological polar surface area (TPSA) is 86.1 Å². The van der Waals surface area contributed by atoms with Crippen LogP contribution in [0.2, 0.25) is 5.02 Å². The Balaban J connectivity index is 1.67. The van der Waals surface area contributed by atoms with E-state index in [-0.39, 0.29) is 23.5 Å². The first-order valence-electron chi connectivity index (χ1n) is 9.73. The minimum atomic E-state index is -0.386. The second-order valence-electron chi connectivity index (χ2n) is 6.70. The van der Waals surface area contributed by atoms with E-state index in [2.05, 4.69) is 15.5 Å². The molecule has 0 aliphatic heterocycles. The van der Waals surface area contributed by atoms with Crippen LogP contribution in [0.4, 0.5) is 0 Å². The van der Waals surface area contributed by atoms with Crippen molar-refractivity contribution in [2.75, 3.05) is 12.9 Å². The molecule has 0 radical (unpaired) electrons. The minimum absolute atomic E-state index is 0.0140. The number of methoxy groups -OCH3 is 1. The number of aromatic nitrogens is 3. The van der Waals surface area contributed by atoms with E-state index in [9.17, 15) is 9.59 Å². The van der Waals surface area contributed by atoms with E-state index in [1.807, 2.05) is 18.4 Å². The molecule has 0 spiro atoms. The zero-order chi connectivity index (χ0) is 22.4. The molecule has 0 aliphatic rings. The number of rotatable bonds is 9. The lowest BCUT2D eigenvalue weighted by atomic mass is 10.1. The van der Waals surface area contributed by atoms with E-state index < -0.39 is 0 Å². The predicted molar refractivity (Wildman–Crippen MR) is 121 cm³/mol. The number of hydrogen-bond acceptors (Lipinski definition) is 6. The first kappa shape index (κ1) is 22.8. The zero-order valence-electron chi connectivity index (χ0n) is 17.5. The standard InChI is InChI=1S/C22H23ClN4O3S/c1-4-27-20(14(2)24-21(29)17-7-5-6-8-18(17)23)25-26-22(27)31-13-19(28)15-9-11-16(30-3)12-10-15/h5-12,14H,4,13H2,1-3H3,(H,24,29)/t14-/m0/s1. The van der Waals surface area contributed by atoms with Gasteiger partial charge in [-0.2, -0.15) is 0 Å². The molecule has 9 heteroatoms. The van der Waals surface area contributed by atoms with Gasteiger partial charge in [0, 0.05) is 12.1 Å². The van der Waals surface area contributed by atoms with Gasteiger partial charge in [-0.15, -0.1) is 10.2 Å². The number of hydrogen-bond donors (Lipinski definition) is 1. The molecule has 0 bridgehead atoms. The first-order valence-corrected chi connectivity index (χ1v) is 11.1. The monoisotopic (exact) mass is 458 g/mol. The number of nitrogens with zero attached hydrogens (tertiary/aromatic N) is 3. The fourth-order valence-electron chi connectivity index (χ4n) is 3.00. The predicted octanol–water partition coefficient (Wildman–Crippen LogP) is 4.43. The van der Waals surface area contributed by atoms with E-state index >= 15 is 0 Å². The highest BCUT2D eigenvalue weighted by Crippen LogP contribution is 2.23. The van der Waals surface area contributed by atoms with Crippen molar-refractivity contribution in [3.05, 3.63) is 70.5 Å². The van der Waals surface area contributed by atoms with Gasteiger partial charge in [-0.05, 0) is 50.2 Å². The molecule has 1 heterocycles. The number of Topliss-reactive ketones (excluding diaryl/α,β-unsaturated/α-hetero) is 1. The molecule has 0 aliphatic carbocycles. The van der Waals surface area contributed by atoms with Crippen molar-refractivity contribution in [3.8, 4) is 5.75 Å². The van der Waals surface area contributed by atoms with Crippen LogP contribution in [0.1, 0.15) is 46.4 Å². The number of ether oxygens (including phenoxy) is 1. The molecule has 0 saturated carbocycles. The van der Waals surface area contributed by atoms with Crippen LogP contribution in [0.3, 0.4) is 0 Å². The largest absolute Gasteiger partial charge is 0.497 e. The number of amides is 1. The molecule has 0 fully saturated rings. The van der Waals surface area contributed by atoms with Crippen LogP contribution in [0.5, 0.6) is 5.75 Å². The summed E-state index contributed by atoms with van der Waals surface area (Å²) < 4.78 is 7.01. The summed E-state index contributed by atoms with van der Waals surface area (Å²) >= 11 is 7.43. The Kier molecular flexibility index (Phi) is 7.70. The molecule has 7 nitrogen and oxygen atoms in total. The first-order chi connectivity index (χ1) is 14.9. The Labute approximate surface area is 190 Å². The smallest absolute Gasteiger partial charge is 0.253 e. The fraction of sp³-hybridized carbons (Fsp3) is 0.273. The SMILES string of the molecule is CCn1c(SCC(=O)c2ccc(OC)cc2)nnc1[C@H](C)NC(=O)c1ccccc1Cl. The molecule has 0 unspecified atom stereocenters. The average Bonchev–Trinajstić information content (AvgIpc) is 3.20. The number of nitrogens with one attached hydrogen (secondary N) is 1. The Morgan fingerprint density at radius 3 is 2.52 bits per heavy atom. The quantitative estimate of drug-likeness (QED) is 0.377. The highest BCUT2D eigenvalue weighted by atomic mass is 35.5. The lowest BCUT2D eigenvalue weighted by Gasteiger charge is -2.15. The summed E-state index contributed by atoms with van der Waals surface area (Å²) in [5, 5.41) is 12.4. The number of benzene rings is 2. The van der Waals surface area contributed by atoms with Crippen LogP contribution in [0.25, 0.3) is 0 Å². The lowest BCUT2D eigenvalue weighted by molar-refractivity contribution is 0.0937. The normalized spacial score (nSPS) is 11.7. The molecule has 3 rings (SSSR count). The van der Waals surface area contributed by atoms with Gasteiger partial charge in [-0.3, -0.25) is 9.59 Å². The van der Waals surface area contributed by atoms with Crippen LogP contribution in [0, 0.1) is 0 Å². The molecule has 31 heavy (non-hydrogen) atoms. The molecule has 0 saturated heterocycles. The van der Waals surface area contributed by atoms with Gasteiger partial charge in [-0.1, -0.05) is 35.5 Å². The van der Waals surface area contributed by atoms with Crippen molar-refractivity contribution < 1.29 is 14.3 Å². The molecule has 2 aromatic carbocycles. The molecular weight excluding hydrogens is 436 g/mol. The summed E-state index contributed by atoms with van der Waals surface area (Å²) in [4.78, 5) is 25.1. The van der Waals surface area contributed by atoms with Gasteiger partial charge in [0.25, 0.3) is 5.91 Å². The molecule has 1 N–H and O–H groups in total. The van der Waals surface area contributed by atoms with E-state index in [0.717, 1.165) is 0 Å². The van der Waals surface area contributed by atoms with Crippen LogP contribution in [-0.4, -0.2) is 39.3 Å². The average molecular weight is 459 g/mol. The third kappa shape index (κ3) is 5.45. The van der Waals surface area contributed by atoms with Crippen LogP contribution in [0.15, 0.2) is 53.7 Å². The van der Waals surface area contributed by atoms with Gasteiger partial charge < -0.3 is 14.6 Å². The van der Waals surface area contributed by atoms with Crippen molar-refractivity contribution in [1.29, 1.82) is 0 Å². The zero-order valence-corrected chi connectivity index (χ0v) is 19.0. The van der Waals surface area contributed by atoms with E-state index in [0.29, 0.717) is 39.4 Å². The molecule has 1 aromatic heterocycles. The maximum absolute atomic E-state index is 12.6. The van der Waals surface area contributed by atoms with Gasteiger partial charge in [0.15, 0.2) is 16.8 Å². The van der Waals surface area contributed by atoms with E-state index in [1.165, 1.54) is 11.8 Å². The summed E-state index contributed by atoms with van der Waals surface area (Å²) in [7, 11) is 1.58. The van der Waals surface area contributed by atoms with Crippen molar-refractivity contribution in [3.63, 3.8) is 0 Å². The van der Waals surface area contributed by atoms with E-state index in [4.69, 9.17) is 16.3 Å². The van der Waals surface area contributed by atoms with Gasteiger partial charge in [0.1, 0.15) is 5.75 Å². The maximum Gasteiger partial charge on any atom is 0.253 e. The molecule has 3 aromatic rings. The van der Waals surface area contributed by atoms with Crippen molar-refractivity contribution >= 4 is 35.1 Å². The Bertz CT molecular complexity index is 1070. The van der Waals surface area contributed by atoms with Crippen LogP contribution in [-0.2, 0) is 6.54 Å². The molecule has 1 atom stereocenters. The Morgan fingerprint density at radius 2 is 1.87 bits per heavy atom. The number of carbonyl (C=O) groups excluding carboxylic acids is 2. The molecule has 162 valence electrons. The minimum Gasteiger partial charge on any atom is -0.497 e. The Hall–Kier alpha value is -2.84. The van der Waals surface area contributed by atoms with Crippen molar-refractivity contribution in [1.82, 2.24) is 20.1 Å². The second kappa shape index (κ2) is 10.5. The number of halogens is 1. The summed E-state index contributed by atoms with van der Waals surface area (Å²) in [6.07, 6.45) is 0. The third-order valence-electron chi connectivity index (χ3n) is 4.66. The summed E-state index contributed by atoms with van der Waals surface area (Å²) in [6.45, 7) is 4.40. The summed E-state index contributed by atoms with van der Waals surface area (Å²) in [5.74, 6) is 1.24. The van der Waals surface area contributed by atoms with Gasteiger partial charge in [0.2, 0.25) is 0 Å². The molecule has 1 amide bonds. The number of carbonyl (C=O) groups is 2. The lowest BCUT2D eigenvalue weighted by Crippen LogP contribution is -2.29. The third-order valence-corrected chi connectivity index (χ3v) is 5.96. The molecular formula is C22H23ClN4O3S. The van der Waals surface area contributed by atoms with Crippen LogP contribution < -0.4 is 10.1 Å². The number of ketones is 1. The maximum atomic E-state index is 12.6. The fourth-order valence-corrected chi connectivity index (χ4v) is 4.12. The van der Waals surface area contributed by atoms with Crippen molar-refractivity contribution in [2.45, 2.75) is 31.6 Å². The van der Waals surface area contributed by atoms with Crippen molar-refractivity contribution in [2.24, 2.45) is 0 Å². The van der Waals surface area contributed by atoms with Gasteiger partial charge in [0.05, 0.1) is 29.5 Å². The summed E-state index contributed by atoms with van der Waals surface area (Å²) in [6, 6.07) is 13.5. The highest BCUT2D eigenvalue weighted by Gasteiger charge is 2.21. The van der Waals surface area contributed by atoms with Gasteiger partial charge in [-0.25, -0.2) is 0 Å². The highest BCUT2D eigenvalue weighted by molar-refractivity contribution is 7.99. The number of thioether (sulfide) groups is 1. The van der Waals surface area contributed by atoms with E-state index in [1.54, 1.807) is 55.6 Å². The van der Waals surface area contributed by atoms with Gasteiger partial charge >= 0.3 is 0 Å². The second-order valence-corrected chi connectivity index (χ2v) is 8.05.